The molecular formula is C28H32N4O3. The van der Waals surface area contributed by atoms with Crippen LogP contribution in [0, 0.1) is 12.8 Å². The van der Waals surface area contributed by atoms with Crippen LogP contribution in [0.1, 0.15) is 50.3 Å². The number of aromatic nitrogens is 3. The van der Waals surface area contributed by atoms with Gasteiger partial charge < -0.3 is 19.1 Å². The second-order valence-electron chi connectivity index (χ2n) is 9.77. The summed E-state index contributed by atoms with van der Waals surface area (Å²) < 4.78 is 12.8. The van der Waals surface area contributed by atoms with Gasteiger partial charge in [0, 0.05) is 46.9 Å². The van der Waals surface area contributed by atoms with Crippen molar-refractivity contribution in [3.8, 4) is 22.8 Å². The van der Waals surface area contributed by atoms with Gasteiger partial charge in [0.1, 0.15) is 0 Å². The smallest absolute Gasteiger partial charge is 0.308 e. The fourth-order valence-electron chi connectivity index (χ4n) is 5.09. The highest BCUT2D eigenvalue weighted by Crippen LogP contribution is 2.30. The lowest BCUT2D eigenvalue weighted by Gasteiger charge is -2.13. The minimum atomic E-state index is -0.0946. The van der Waals surface area contributed by atoms with E-state index in [1.54, 1.807) is 0 Å². The summed E-state index contributed by atoms with van der Waals surface area (Å²) in [5.74, 6) is 1.03. The van der Waals surface area contributed by atoms with Gasteiger partial charge in [0.25, 0.3) is 5.89 Å². The molecule has 7 nitrogen and oxygen atoms in total. The van der Waals surface area contributed by atoms with E-state index in [4.69, 9.17) is 9.26 Å². The first-order valence-corrected chi connectivity index (χ1v) is 12.3. The van der Waals surface area contributed by atoms with Gasteiger partial charge in [-0.3, -0.25) is 4.79 Å². The number of hydrogen-bond acceptors (Lipinski definition) is 6. The van der Waals surface area contributed by atoms with Crippen molar-refractivity contribution in [1.29, 1.82) is 0 Å². The van der Waals surface area contributed by atoms with Crippen molar-refractivity contribution >= 4 is 16.9 Å². The van der Waals surface area contributed by atoms with Crippen molar-refractivity contribution < 1.29 is 14.1 Å². The van der Waals surface area contributed by atoms with E-state index in [9.17, 15) is 4.79 Å². The largest absolute Gasteiger partial charge is 0.469 e. The number of aryl methyl sites for hydroxylation is 1. The SMILES string of the molecule is COC(=O)[C@H]1CC[C@@H](NCc2ccc(-c3noc(-c4ccc5c(ccn5C(C)C)c4)n3)c(C)c2)C1. The van der Waals surface area contributed by atoms with Gasteiger partial charge >= 0.3 is 5.97 Å². The van der Waals surface area contributed by atoms with Gasteiger partial charge in [-0.25, -0.2) is 0 Å². The highest BCUT2D eigenvalue weighted by Gasteiger charge is 2.30. The van der Waals surface area contributed by atoms with Crippen LogP contribution in [0.15, 0.2) is 53.2 Å². The lowest BCUT2D eigenvalue weighted by molar-refractivity contribution is -0.145. The Labute approximate surface area is 205 Å². The predicted octanol–water partition coefficient (Wildman–Crippen LogP) is 5.68. The average Bonchev–Trinajstić information content (AvgIpc) is 3.61. The number of ether oxygens (including phenoxy) is 1. The maximum absolute atomic E-state index is 11.8. The zero-order valence-electron chi connectivity index (χ0n) is 20.7. The lowest BCUT2D eigenvalue weighted by atomic mass is 10.0. The summed E-state index contributed by atoms with van der Waals surface area (Å²) in [6, 6.07) is 15.4. The molecule has 0 spiro atoms. The topological polar surface area (TPSA) is 82.2 Å². The molecule has 5 rings (SSSR count). The molecule has 0 bridgehead atoms. The zero-order chi connectivity index (χ0) is 24.5. The van der Waals surface area contributed by atoms with E-state index in [2.05, 4.69) is 83.4 Å². The number of carbonyl (C=O) groups is 1. The zero-order valence-corrected chi connectivity index (χ0v) is 20.7. The van der Waals surface area contributed by atoms with Crippen LogP contribution in [0.25, 0.3) is 33.7 Å². The van der Waals surface area contributed by atoms with Crippen LogP contribution in [-0.4, -0.2) is 33.8 Å². The molecule has 0 radical (unpaired) electrons. The Balaban J connectivity index is 1.27. The van der Waals surface area contributed by atoms with Crippen molar-refractivity contribution in [2.24, 2.45) is 5.92 Å². The molecule has 1 fully saturated rings. The molecule has 0 amide bonds. The van der Waals surface area contributed by atoms with E-state index in [0.717, 1.165) is 47.9 Å². The number of rotatable bonds is 7. The molecule has 0 saturated heterocycles. The number of hydrogen-bond donors (Lipinski definition) is 1. The van der Waals surface area contributed by atoms with Gasteiger partial charge in [-0.2, -0.15) is 4.98 Å². The number of methoxy groups -OCH3 is 1. The standard InChI is InChI=1S/C28H32N4O3/c1-17(2)32-12-11-20-14-21(7-10-25(20)32)27-30-26(31-35-27)24-9-5-19(13-18(24)3)16-29-23-8-6-22(15-23)28(33)34-4/h5,7,9-14,17,22-23,29H,6,8,15-16H2,1-4H3/t22-,23+/m0/s1. The Morgan fingerprint density at radius 1 is 1.20 bits per heavy atom. The van der Waals surface area contributed by atoms with E-state index in [1.807, 2.05) is 6.07 Å². The van der Waals surface area contributed by atoms with Crippen molar-refractivity contribution in [3.05, 3.63) is 59.8 Å². The summed E-state index contributed by atoms with van der Waals surface area (Å²) in [5.41, 5.74) is 5.36. The third-order valence-electron chi connectivity index (χ3n) is 7.04. The van der Waals surface area contributed by atoms with Crippen molar-refractivity contribution in [1.82, 2.24) is 20.0 Å². The molecule has 1 N–H and O–H groups in total. The summed E-state index contributed by atoms with van der Waals surface area (Å²) in [4.78, 5) is 16.4. The maximum atomic E-state index is 11.8. The third-order valence-corrected chi connectivity index (χ3v) is 7.04. The van der Waals surface area contributed by atoms with Gasteiger partial charge in [0.05, 0.1) is 13.0 Å². The highest BCUT2D eigenvalue weighted by atomic mass is 16.5. The summed E-state index contributed by atoms with van der Waals surface area (Å²) in [7, 11) is 1.46. The molecule has 35 heavy (non-hydrogen) atoms. The Bertz CT molecular complexity index is 1350. The molecule has 7 heteroatoms. The Morgan fingerprint density at radius 3 is 2.83 bits per heavy atom. The molecule has 1 aliphatic rings. The van der Waals surface area contributed by atoms with Gasteiger partial charge in [-0.1, -0.05) is 23.4 Å². The molecule has 1 saturated carbocycles. The number of nitrogens with zero attached hydrogens (tertiary/aromatic N) is 3. The summed E-state index contributed by atoms with van der Waals surface area (Å²) in [5, 5.41) is 9.00. The van der Waals surface area contributed by atoms with E-state index in [-0.39, 0.29) is 11.9 Å². The van der Waals surface area contributed by atoms with Crippen LogP contribution in [0.4, 0.5) is 0 Å². The molecule has 2 aromatic carbocycles. The van der Waals surface area contributed by atoms with E-state index < -0.39 is 0 Å². The van der Waals surface area contributed by atoms with Crippen LogP contribution in [0.3, 0.4) is 0 Å². The Kier molecular flexibility index (Phi) is 6.43. The summed E-state index contributed by atoms with van der Waals surface area (Å²) in [6.45, 7) is 7.18. The summed E-state index contributed by atoms with van der Waals surface area (Å²) in [6.07, 6.45) is 4.83. The first kappa shape index (κ1) is 23.3. The van der Waals surface area contributed by atoms with E-state index in [1.165, 1.54) is 18.2 Å². The first-order chi connectivity index (χ1) is 16.9. The Hall–Kier alpha value is -3.45. The van der Waals surface area contributed by atoms with Gasteiger partial charge in [-0.15, -0.1) is 0 Å². The lowest BCUT2D eigenvalue weighted by Crippen LogP contribution is -2.27. The molecular weight excluding hydrogens is 440 g/mol. The van der Waals surface area contributed by atoms with Crippen LogP contribution < -0.4 is 5.32 Å². The van der Waals surface area contributed by atoms with Crippen molar-refractivity contribution in [3.63, 3.8) is 0 Å². The minimum absolute atomic E-state index is 0.0184. The number of carbonyl (C=O) groups excluding carboxylic acids is 1. The first-order valence-electron chi connectivity index (χ1n) is 12.3. The second-order valence-corrected chi connectivity index (χ2v) is 9.77. The summed E-state index contributed by atoms with van der Waals surface area (Å²) >= 11 is 0. The quantitative estimate of drug-likeness (QED) is 0.349. The predicted molar refractivity (Wildman–Crippen MR) is 136 cm³/mol. The molecule has 2 heterocycles. The molecule has 2 atom stereocenters. The molecule has 1 aliphatic carbocycles. The molecule has 0 aliphatic heterocycles. The fraction of sp³-hybridized carbons (Fsp3) is 0.393. The number of nitrogens with one attached hydrogen (secondary N) is 1. The second kappa shape index (κ2) is 9.66. The monoisotopic (exact) mass is 472 g/mol. The van der Waals surface area contributed by atoms with Gasteiger partial charge in [0.15, 0.2) is 0 Å². The van der Waals surface area contributed by atoms with E-state index in [0.29, 0.717) is 23.8 Å². The third kappa shape index (κ3) is 4.73. The number of fused-ring (bicyclic) bond motifs is 1. The van der Waals surface area contributed by atoms with Crippen LogP contribution in [-0.2, 0) is 16.1 Å². The molecule has 182 valence electrons. The van der Waals surface area contributed by atoms with Crippen LogP contribution in [0.5, 0.6) is 0 Å². The number of benzene rings is 2. The average molecular weight is 473 g/mol. The van der Waals surface area contributed by atoms with Crippen LogP contribution in [0.2, 0.25) is 0 Å². The fourth-order valence-corrected chi connectivity index (χ4v) is 5.09. The number of esters is 1. The molecule has 0 unspecified atom stereocenters. The molecule has 4 aromatic rings. The van der Waals surface area contributed by atoms with Crippen molar-refractivity contribution in [2.45, 2.75) is 58.7 Å². The molecule has 2 aromatic heterocycles. The van der Waals surface area contributed by atoms with Gasteiger partial charge in [-0.05, 0) is 75.4 Å². The normalized spacial score (nSPS) is 18.0. The highest BCUT2D eigenvalue weighted by molar-refractivity contribution is 5.84. The van der Waals surface area contributed by atoms with Crippen LogP contribution >= 0.6 is 0 Å². The van der Waals surface area contributed by atoms with Gasteiger partial charge in [0.2, 0.25) is 5.82 Å². The Morgan fingerprint density at radius 2 is 2.06 bits per heavy atom. The minimum Gasteiger partial charge on any atom is -0.469 e. The van der Waals surface area contributed by atoms with Crippen molar-refractivity contribution in [2.75, 3.05) is 7.11 Å². The maximum Gasteiger partial charge on any atom is 0.308 e. The van der Waals surface area contributed by atoms with E-state index >= 15 is 0 Å².